The molecule has 1 saturated carbocycles. The van der Waals surface area contributed by atoms with Crippen LogP contribution in [0.1, 0.15) is 47.0 Å². The molecule has 0 bridgehead atoms. The Kier molecular flexibility index (Phi) is 2.21. The Labute approximate surface area is 92.1 Å². The van der Waals surface area contributed by atoms with Crippen LogP contribution in [0.3, 0.4) is 0 Å². The van der Waals surface area contributed by atoms with Gasteiger partial charge in [-0.1, -0.05) is 37.9 Å². The van der Waals surface area contributed by atoms with E-state index in [4.69, 9.17) is 5.21 Å². The fraction of sp³-hybridized carbons (Fsp3) is 0.769. The number of hydrogen-bond donors (Lipinski definition) is 1. The largest absolute Gasteiger partial charge is 0.411 e. The molecule has 1 fully saturated rings. The Morgan fingerprint density at radius 3 is 2.60 bits per heavy atom. The molecular formula is C13H21NO. The van der Waals surface area contributed by atoms with Gasteiger partial charge < -0.3 is 5.21 Å². The van der Waals surface area contributed by atoms with Gasteiger partial charge in [-0.15, -0.1) is 0 Å². The van der Waals surface area contributed by atoms with E-state index in [2.05, 4.69) is 38.9 Å². The van der Waals surface area contributed by atoms with E-state index < -0.39 is 0 Å². The van der Waals surface area contributed by atoms with E-state index >= 15 is 0 Å². The smallest absolute Gasteiger partial charge is 0.0840 e. The van der Waals surface area contributed by atoms with Gasteiger partial charge in [0.25, 0.3) is 0 Å². The van der Waals surface area contributed by atoms with Crippen molar-refractivity contribution in [2.45, 2.75) is 47.0 Å². The van der Waals surface area contributed by atoms with Gasteiger partial charge in [0.05, 0.1) is 5.71 Å². The molecule has 0 aromatic carbocycles. The first kappa shape index (κ1) is 10.7. The lowest BCUT2D eigenvalue weighted by molar-refractivity contribution is 0.0819. The second kappa shape index (κ2) is 3.10. The Morgan fingerprint density at radius 1 is 1.33 bits per heavy atom. The summed E-state index contributed by atoms with van der Waals surface area (Å²) in [6.07, 6.45) is 5.82. The fourth-order valence-electron chi connectivity index (χ4n) is 3.77. The highest BCUT2D eigenvalue weighted by molar-refractivity contribution is 6.01. The maximum atomic E-state index is 9.11. The van der Waals surface area contributed by atoms with E-state index in [-0.39, 0.29) is 10.8 Å². The average molecular weight is 207 g/mol. The molecular weight excluding hydrogens is 186 g/mol. The number of allylic oxidation sites excluding steroid dienone is 2. The number of hydrogen-bond acceptors (Lipinski definition) is 2. The molecule has 1 N–H and O–H groups in total. The lowest BCUT2D eigenvalue weighted by atomic mass is 9.56. The van der Waals surface area contributed by atoms with Crippen LogP contribution in [-0.2, 0) is 0 Å². The summed E-state index contributed by atoms with van der Waals surface area (Å²) in [5.41, 5.74) is 2.75. The van der Waals surface area contributed by atoms with Crippen molar-refractivity contribution in [2.75, 3.05) is 0 Å². The molecule has 0 radical (unpaired) electrons. The van der Waals surface area contributed by atoms with E-state index in [9.17, 15) is 0 Å². The Hall–Kier alpha value is -0.790. The first-order valence-corrected chi connectivity index (χ1v) is 5.82. The maximum absolute atomic E-state index is 9.11. The van der Waals surface area contributed by atoms with E-state index in [0.29, 0.717) is 5.92 Å². The third kappa shape index (κ3) is 1.34. The van der Waals surface area contributed by atoms with Crippen molar-refractivity contribution in [3.63, 3.8) is 0 Å². The molecule has 0 heterocycles. The van der Waals surface area contributed by atoms with Crippen molar-refractivity contribution in [1.82, 2.24) is 0 Å². The van der Waals surface area contributed by atoms with Crippen molar-refractivity contribution in [2.24, 2.45) is 21.9 Å². The molecule has 0 aromatic heterocycles. The standard InChI is InChI=1S/C13H21NO/c1-9-8-10(14-15)11-12(2,3)6-5-7-13(9,11)4/h8,11,15H,5-7H2,1-4H3/b14-10-/t11-,13-/m0/s1. The minimum Gasteiger partial charge on any atom is -0.411 e. The third-order valence-corrected chi connectivity index (χ3v) is 4.61. The third-order valence-electron chi connectivity index (χ3n) is 4.61. The predicted molar refractivity (Wildman–Crippen MR) is 62.2 cm³/mol. The SMILES string of the molecule is CC1=C/C(=N/O)[C@H]2C(C)(C)CCC[C@@]12C. The predicted octanol–water partition coefficient (Wildman–Crippen LogP) is 3.61. The Balaban J connectivity index is 2.48. The first-order chi connectivity index (χ1) is 6.92. The van der Waals surface area contributed by atoms with Crippen LogP contribution in [0.2, 0.25) is 0 Å². The number of oxime groups is 1. The minimum atomic E-state index is 0.226. The van der Waals surface area contributed by atoms with Crippen molar-refractivity contribution >= 4 is 5.71 Å². The fourth-order valence-corrected chi connectivity index (χ4v) is 3.77. The quantitative estimate of drug-likeness (QED) is 0.477. The highest BCUT2D eigenvalue weighted by Crippen LogP contribution is 2.58. The molecule has 2 heteroatoms. The summed E-state index contributed by atoms with van der Waals surface area (Å²) in [6.45, 7) is 9.09. The molecule has 0 amide bonds. The molecule has 0 aliphatic heterocycles. The van der Waals surface area contributed by atoms with Crippen LogP contribution in [0.5, 0.6) is 0 Å². The molecule has 15 heavy (non-hydrogen) atoms. The summed E-state index contributed by atoms with van der Waals surface area (Å²) in [6, 6.07) is 0. The van der Waals surface area contributed by atoms with Crippen LogP contribution < -0.4 is 0 Å². The van der Waals surface area contributed by atoms with Gasteiger partial charge in [0.15, 0.2) is 0 Å². The molecule has 0 spiro atoms. The summed E-state index contributed by atoms with van der Waals surface area (Å²) >= 11 is 0. The van der Waals surface area contributed by atoms with E-state index in [1.165, 1.54) is 24.8 Å². The molecule has 0 unspecified atom stereocenters. The Bertz CT molecular complexity index is 340. The first-order valence-electron chi connectivity index (χ1n) is 5.82. The number of nitrogens with zero attached hydrogens (tertiary/aromatic N) is 1. The highest BCUT2D eigenvalue weighted by atomic mass is 16.4. The van der Waals surface area contributed by atoms with Gasteiger partial charge in [-0.3, -0.25) is 0 Å². The van der Waals surface area contributed by atoms with E-state index in [1.807, 2.05) is 0 Å². The summed E-state index contributed by atoms with van der Waals surface area (Å²) < 4.78 is 0. The minimum absolute atomic E-state index is 0.226. The van der Waals surface area contributed by atoms with Crippen molar-refractivity contribution < 1.29 is 5.21 Å². The average Bonchev–Trinajstić information content (AvgIpc) is 2.39. The second-order valence-corrected chi connectivity index (χ2v) is 6.04. The lowest BCUT2D eigenvalue weighted by Gasteiger charge is -2.48. The lowest BCUT2D eigenvalue weighted by Crippen LogP contribution is -2.43. The van der Waals surface area contributed by atoms with Gasteiger partial charge in [0.2, 0.25) is 0 Å². The van der Waals surface area contributed by atoms with Crippen LogP contribution in [0.4, 0.5) is 0 Å². The molecule has 2 aliphatic carbocycles. The summed E-state index contributed by atoms with van der Waals surface area (Å²) in [5, 5.41) is 12.6. The topological polar surface area (TPSA) is 32.6 Å². The number of fused-ring (bicyclic) bond motifs is 1. The zero-order valence-corrected chi connectivity index (χ0v) is 10.2. The molecule has 84 valence electrons. The van der Waals surface area contributed by atoms with Crippen LogP contribution in [0.25, 0.3) is 0 Å². The van der Waals surface area contributed by atoms with Crippen LogP contribution in [0.15, 0.2) is 16.8 Å². The highest BCUT2D eigenvalue weighted by Gasteiger charge is 2.52. The summed E-state index contributed by atoms with van der Waals surface area (Å²) in [4.78, 5) is 0. The Morgan fingerprint density at radius 2 is 2.00 bits per heavy atom. The van der Waals surface area contributed by atoms with Gasteiger partial charge in [-0.05, 0) is 36.7 Å². The molecule has 2 nitrogen and oxygen atoms in total. The maximum Gasteiger partial charge on any atom is 0.0840 e. The van der Waals surface area contributed by atoms with Gasteiger partial charge in [0.1, 0.15) is 0 Å². The summed E-state index contributed by atoms with van der Waals surface area (Å²) in [5.74, 6) is 0.392. The summed E-state index contributed by atoms with van der Waals surface area (Å²) in [7, 11) is 0. The van der Waals surface area contributed by atoms with Crippen molar-refractivity contribution in [3.8, 4) is 0 Å². The van der Waals surface area contributed by atoms with Crippen molar-refractivity contribution in [3.05, 3.63) is 11.6 Å². The molecule has 2 aliphatic rings. The van der Waals surface area contributed by atoms with Crippen LogP contribution in [-0.4, -0.2) is 10.9 Å². The molecule has 0 saturated heterocycles. The van der Waals surface area contributed by atoms with Crippen molar-refractivity contribution in [1.29, 1.82) is 0 Å². The van der Waals surface area contributed by atoms with Gasteiger partial charge in [-0.2, -0.15) is 0 Å². The molecule has 0 aromatic rings. The molecule has 2 rings (SSSR count). The van der Waals surface area contributed by atoms with Gasteiger partial charge in [0, 0.05) is 5.92 Å². The zero-order valence-electron chi connectivity index (χ0n) is 10.2. The monoisotopic (exact) mass is 207 g/mol. The van der Waals surface area contributed by atoms with Gasteiger partial charge in [-0.25, -0.2) is 0 Å². The molecule has 2 atom stereocenters. The van der Waals surface area contributed by atoms with Gasteiger partial charge >= 0.3 is 0 Å². The van der Waals surface area contributed by atoms with E-state index in [1.54, 1.807) is 0 Å². The van der Waals surface area contributed by atoms with Crippen LogP contribution >= 0.6 is 0 Å². The van der Waals surface area contributed by atoms with Crippen LogP contribution in [0, 0.1) is 16.7 Å². The van der Waals surface area contributed by atoms with E-state index in [0.717, 1.165) is 5.71 Å². The number of rotatable bonds is 0. The zero-order chi connectivity index (χ0) is 11.3. The second-order valence-electron chi connectivity index (χ2n) is 6.04. The normalized spacial score (nSPS) is 41.5.